The summed E-state index contributed by atoms with van der Waals surface area (Å²) in [6.45, 7) is 4.81. The van der Waals surface area contributed by atoms with Crippen molar-refractivity contribution in [3.63, 3.8) is 0 Å². The maximum absolute atomic E-state index is 12.7. The smallest absolute Gasteiger partial charge is 0.273 e. The summed E-state index contributed by atoms with van der Waals surface area (Å²) in [5.74, 6) is -0.0993. The summed E-state index contributed by atoms with van der Waals surface area (Å²) in [6.07, 6.45) is 5.88. The number of fused-ring (bicyclic) bond motifs is 3. The number of aromatic nitrogens is 4. The van der Waals surface area contributed by atoms with Gasteiger partial charge in [-0.05, 0) is 45.1 Å². The molecule has 3 N–H and O–H groups in total. The van der Waals surface area contributed by atoms with E-state index in [0.29, 0.717) is 31.6 Å². The average molecular weight is 622 g/mol. The minimum Gasteiger partial charge on any atom is -0.364 e. The SMILES string of the molecule is CCC1c2c(cnn2C2CCN(S(=O)(=O)CC)CC2)-c2cccc(Nc3cc(NC(=O)C4CC4)nnc3C(=O)NC)c2N1C. The van der Waals surface area contributed by atoms with Gasteiger partial charge in [0.25, 0.3) is 5.91 Å². The van der Waals surface area contributed by atoms with Crippen LogP contribution in [0.25, 0.3) is 11.1 Å². The van der Waals surface area contributed by atoms with Gasteiger partial charge in [0.2, 0.25) is 15.9 Å². The number of piperidine rings is 1. The van der Waals surface area contributed by atoms with Crippen molar-refractivity contribution in [2.24, 2.45) is 5.92 Å². The van der Waals surface area contributed by atoms with E-state index in [1.807, 2.05) is 18.3 Å². The number of carbonyl (C=O) groups is 2. The zero-order chi connectivity index (χ0) is 31.2. The number of benzene rings is 1. The molecule has 14 heteroatoms. The second kappa shape index (κ2) is 11.8. The lowest BCUT2D eigenvalue weighted by molar-refractivity contribution is -0.117. The maximum atomic E-state index is 12.7. The second-order valence-electron chi connectivity index (χ2n) is 11.6. The standard InChI is InChI=1S/C30H39N9O4S/c1-5-24-28-21(17-32-39(28)19-12-14-38(15-13-19)44(42,43)6-2)20-8-7-9-22(27(20)37(24)4)33-23-16-25(34-29(40)18-10-11-18)35-36-26(23)30(41)31-3/h7-9,16-19,24H,5-6,10-15H2,1-4H3,(H,31,41)(H2,33,34,35,40). The molecule has 0 radical (unpaired) electrons. The van der Waals surface area contributed by atoms with Crippen LogP contribution in [0.4, 0.5) is 22.9 Å². The minimum absolute atomic E-state index is 0.000339. The van der Waals surface area contributed by atoms with Crippen LogP contribution in [0.2, 0.25) is 0 Å². The third kappa shape index (κ3) is 5.40. The third-order valence-electron chi connectivity index (χ3n) is 8.92. The number of anilines is 4. The molecule has 1 atom stereocenters. The van der Waals surface area contributed by atoms with Gasteiger partial charge in [-0.15, -0.1) is 10.2 Å². The molecule has 1 aromatic carbocycles. The molecular formula is C30H39N9O4S. The first kappa shape index (κ1) is 30.0. The second-order valence-corrected chi connectivity index (χ2v) is 13.9. The van der Waals surface area contributed by atoms with Gasteiger partial charge >= 0.3 is 0 Å². The fraction of sp³-hybridized carbons (Fsp3) is 0.500. The molecule has 44 heavy (non-hydrogen) atoms. The van der Waals surface area contributed by atoms with E-state index in [4.69, 9.17) is 5.10 Å². The van der Waals surface area contributed by atoms with Crippen molar-refractivity contribution in [2.75, 3.05) is 48.5 Å². The van der Waals surface area contributed by atoms with Gasteiger partial charge in [0.05, 0.1) is 46.8 Å². The Hall–Kier alpha value is -4.04. The molecule has 13 nitrogen and oxygen atoms in total. The average Bonchev–Trinajstić information content (AvgIpc) is 3.80. The molecule has 1 aliphatic carbocycles. The minimum atomic E-state index is -3.21. The highest BCUT2D eigenvalue weighted by Crippen LogP contribution is 2.50. The highest BCUT2D eigenvalue weighted by atomic mass is 32.2. The molecule has 1 saturated heterocycles. The van der Waals surface area contributed by atoms with Crippen LogP contribution < -0.4 is 20.9 Å². The number of para-hydroxylation sites is 1. The van der Waals surface area contributed by atoms with Gasteiger partial charge in [-0.2, -0.15) is 5.10 Å². The fourth-order valence-electron chi connectivity index (χ4n) is 6.35. The van der Waals surface area contributed by atoms with Crippen LogP contribution in [-0.4, -0.2) is 77.5 Å². The van der Waals surface area contributed by atoms with Gasteiger partial charge in [-0.25, -0.2) is 12.7 Å². The number of carbonyl (C=O) groups excluding carboxylic acids is 2. The Balaban J connectivity index is 1.35. The Morgan fingerprint density at radius 1 is 1.02 bits per heavy atom. The van der Waals surface area contributed by atoms with Gasteiger partial charge < -0.3 is 20.9 Å². The van der Waals surface area contributed by atoms with Crippen molar-refractivity contribution >= 4 is 44.7 Å². The maximum Gasteiger partial charge on any atom is 0.273 e. The Kier molecular flexibility index (Phi) is 8.05. The molecule has 234 valence electrons. The van der Waals surface area contributed by atoms with Crippen LogP contribution in [-0.2, 0) is 14.8 Å². The number of hydrogen-bond acceptors (Lipinski definition) is 9. The van der Waals surface area contributed by atoms with E-state index in [1.54, 1.807) is 17.3 Å². The molecule has 1 unspecified atom stereocenters. The van der Waals surface area contributed by atoms with E-state index in [2.05, 4.69) is 55.8 Å². The number of rotatable bonds is 9. The van der Waals surface area contributed by atoms with E-state index in [-0.39, 0.29) is 41.2 Å². The highest BCUT2D eigenvalue weighted by molar-refractivity contribution is 7.89. The van der Waals surface area contributed by atoms with Crippen LogP contribution >= 0.6 is 0 Å². The summed E-state index contributed by atoms with van der Waals surface area (Å²) in [7, 11) is 0.379. The zero-order valence-electron chi connectivity index (χ0n) is 25.5. The summed E-state index contributed by atoms with van der Waals surface area (Å²) in [6, 6.07) is 7.75. The van der Waals surface area contributed by atoms with E-state index in [0.717, 1.165) is 47.5 Å². The highest BCUT2D eigenvalue weighted by Gasteiger charge is 2.37. The van der Waals surface area contributed by atoms with Crippen LogP contribution in [0.1, 0.15) is 74.2 Å². The normalized spacial score (nSPS) is 18.8. The van der Waals surface area contributed by atoms with Crippen molar-refractivity contribution < 1.29 is 18.0 Å². The van der Waals surface area contributed by atoms with Gasteiger partial charge in [0.15, 0.2) is 11.5 Å². The Bertz CT molecular complexity index is 1690. The van der Waals surface area contributed by atoms with Crippen molar-refractivity contribution in [2.45, 2.75) is 58.0 Å². The molecular weight excluding hydrogens is 582 g/mol. The fourth-order valence-corrected chi connectivity index (χ4v) is 7.48. The number of nitrogens with one attached hydrogen (secondary N) is 3. The number of amides is 2. The van der Waals surface area contributed by atoms with Crippen molar-refractivity contribution in [1.82, 2.24) is 29.6 Å². The Morgan fingerprint density at radius 2 is 1.77 bits per heavy atom. The molecule has 1 saturated carbocycles. The molecule has 0 spiro atoms. The molecule has 2 amide bonds. The summed E-state index contributed by atoms with van der Waals surface area (Å²) >= 11 is 0. The first-order valence-electron chi connectivity index (χ1n) is 15.3. The lowest BCUT2D eigenvalue weighted by Gasteiger charge is -2.39. The van der Waals surface area contributed by atoms with E-state index in [9.17, 15) is 18.0 Å². The van der Waals surface area contributed by atoms with Gasteiger partial charge in [0, 0.05) is 50.3 Å². The van der Waals surface area contributed by atoms with Crippen LogP contribution in [0.3, 0.4) is 0 Å². The Morgan fingerprint density at radius 3 is 2.43 bits per heavy atom. The quantitative estimate of drug-likeness (QED) is 0.325. The van der Waals surface area contributed by atoms with Crippen LogP contribution in [0.5, 0.6) is 0 Å². The first-order valence-corrected chi connectivity index (χ1v) is 16.9. The topological polar surface area (TPSA) is 154 Å². The predicted molar refractivity (Wildman–Crippen MR) is 168 cm³/mol. The number of hydrogen-bond donors (Lipinski definition) is 3. The molecule has 4 heterocycles. The van der Waals surface area contributed by atoms with Crippen molar-refractivity contribution in [3.05, 3.63) is 41.9 Å². The lowest BCUT2D eigenvalue weighted by Crippen LogP contribution is -2.40. The zero-order valence-corrected chi connectivity index (χ0v) is 26.3. The van der Waals surface area contributed by atoms with Gasteiger partial charge in [-0.3, -0.25) is 14.3 Å². The van der Waals surface area contributed by atoms with Crippen molar-refractivity contribution in [1.29, 1.82) is 0 Å². The molecule has 2 fully saturated rings. The Labute approximate surface area is 257 Å². The van der Waals surface area contributed by atoms with Crippen LogP contribution in [0, 0.1) is 5.92 Å². The van der Waals surface area contributed by atoms with Crippen LogP contribution in [0.15, 0.2) is 30.5 Å². The largest absolute Gasteiger partial charge is 0.364 e. The number of nitrogens with zero attached hydrogens (tertiary/aromatic N) is 6. The molecule has 2 aliphatic heterocycles. The molecule has 2 aromatic heterocycles. The molecule has 3 aliphatic rings. The van der Waals surface area contributed by atoms with Crippen molar-refractivity contribution in [3.8, 4) is 11.1 Å². The van der Waals surface area contributed by atoms with E-state index >= 15 is 0 Å². The summed E-state index contributed by atoms with van der Waals surface area (Å²) < 4.78 is 28.6. The summed E-state index contributed by atoms with van der Waals surface area (Å²) in [5, 5.41) is 22.0. The summed E-state index contributed by atoms with van der Waals surface area (Å²) in [5.41, 5.74) is 5.43. The lowest BCUT2D eigenvalue weighted by atomic mass is 9.91. The monoisotopic (exact) mass is 621 g/mol. The molecule has 3 aromatic rings. The van der Waals surface area contributed by atoms with Gasteiger partial charge in [0.1, 0.15) is 0 Å². The van der Waals surface area contributed by atoms with E-state index < -0.39 is 15.9 Å². The summed E-state index contributed by atoms with van der Waals surface area (Å²) in [4.78, 5) is 27.4. The number of sulfonamides is 1. The first-order chi connectivity index (χ1) is 21.2. The molecule has 0 bridgehead atoms. The third-order valence-corrected chi connectivity index (χ3v) is 10.8. The predicted octanol–water partition coefficient (Wildman–Crippen LogP) is 3.68. The van der Waals surface area contributed by atoms with E-state index in [1.165, 1.54) is 7.05 Å². The molecule has 6 rings (SSSR count). The van der Waals surface area contributed by atoms with Gasteiger partial charge in [-0.1, -0.05) is 19.1 Å².